The van der Waals surface area contributed by atoms with Crippen molar-refractivity contribution in [3.05, 3.63) is 83.6 Å². The Hall–Kier alpha value is -2.47. The lowest BCUT2D eigenvalue weighted by atomic mass is 10.1. The molecule has 2 rings (SSSR count). The molecule has 26 heavy (non-hydrogen) atoms. The fourth-order valence-corrected chi connectivity index (χ4v) is 2.65. The molecule has 0 saturated heterocycles. The second-order valence-corrected chi connectivity index (χ2v) is 6.08. The molecule has 0 aliphatic heterocycles. The third-order valence-electron chi connectivity index (χ3n) is 4.03. The third-order valence-corrected chi connectivity index (χ3v) is 4.03. The highest BCUT2D eigenvalue weighted by molar-refractivity contribution is 5.79. The van der Waals surface area contributed by atoms with Crippen LogP contribution < -0.4 is 5.73 Å². The maximum Gasteiger partial charge on any atom is 0.0945 e. The number of hydrogen-bond acceptors (Lipinski definition) is 5. The highest BCUT2D eigenvalue weighted by Gasteiger charge is 2.15. The molecule has 5 nitrogen and oxygen atoms in total. The molecule has 0 aromatic heterocycles. The molecule has 0 fully saturated rings. The van der Waals surface area contributed by atoms with E-state index in [1.165, 1.54) is 6.20 Å². The molecule has 2 aromatic carbocycles. The lowest BCUT2D eigenvalue weighted by molar-refractivity contribution is 0.119. The number of aliphatic imine (C=N–C) groups is 1. The number of hydrogen-bond donors (Lipinski definition) is 3. The Kier molecular flexibility index (Phi) is 8.55. The van der Waals surface area contributed by atoms with Gasteiger partial charge in [0.2, 0.25) is 0 Å². The quantitative estimate of drug-likeness (QED) is 0.570. The average Bonchev–Trinajstić information content (AvgIpc) is 2.67. The number of nitrogens with zero attached hydrogens (tertiary/aromatic N) is 2. The van der Waals surface area contributed by atoms with Gasteiger partial charge in [-0.1, -0.05) is 60.7 Å². The molecule has 0 amide bonds. The summed E-state index contributed by atoms with van der Waals surface area (Å²) in [5, 5.41) is 19.8. The number of aliphatic hydroxyl groups excluding tert-OH is 2. The molecule has 0 saturated carbocycles. The fourth-order valence-electron chi connectivity index (χ4n) is 2.65. The highest BCUT2D eigenvalue weighted by Crippen LogP contribution is 2.08. The maximum absolute atomic E-state index is 10.5. The van der Waals surface area contributed by atoms with Crippen LogP contribution in [-0.4, -0.2) is 47.1 Å². The van der Waals surface area contributed by atoms with E-state index in [2.05, 4.69) is 4.99 Å². The van der Waals surface area contributed by atoms with Gasteiger partial charge in [-0.15, -0.1) is 0 Å². The number of benzene rings is 2. The monoisotopic (exact) mass is 353 g/mol. The SMILES string of the molecule is NC=C(C=NCc1ccccc1)C(O)CN(CCO)Cc1ccccc1. The van der Waals surface area contributed by atoms with Crippen LogP contribution in [0.25, 0.3) is 0 Å². The summed E-state index contributed by atoms with van der Waals surface area (Å²) in [6.45, 7) is 2.07. The van der Waals surface area contributed by atoms with E-state index in [0.717, 1.165) is 11.1 Å². The van der Waals surface area contributed by atoms with Gasteiger partial charge >= 0.3 is 0 Å². The molecule has 0 aliphatic rings. The predicted octanol–water partition coefficient (Wildman–Crippen LogP) is 1.96. The molecule has 0 bridgehead atoms. The van der Waals surface area contributed by atoms with Gasteiger partial charge in [0.05, 0.1) is 19.3 Å². The molecule has 0 spiro atoms. The summed E-state index contributed by atoms with van der Waals surface area (Å²) in [5.41, 5.74) is 8.47. The zero-order chi connectivity index (χ0) is 18.6. The van der Waals surface area contributed by atoms with Crippen LogP contribution in [-0.2, 0) is 13.1 Å². The molecular weight excluding hydrogens is 326 g/mol. The van der Waals surface area contributed by atoms with Gasteiger partial charge in [-0.05, 0) is 11.1 Å². The zero-order valence-electron chi connectivity index (χ0n) is 14.9. The van der Waals surface area contributed by atoms with E-state index < -0.39 is 6.10 Å². The summed E-state index contributed by atoms with van der Waals surface area (Å²) in [7, 11) is 0. The molecule has 0 heterocycles. The van der Waals surface area contributed by atoms with Gasteiger partial charge < -0.3 is 15.9 Å². The van der Waals surface area contributed by atoms with Crippen molar-refractivity contribution in [2.24, 2.45) is 10.7 Å². The molecule has 5 heteroatoms. The van der Waals surface area contributed by atoms with E-state index in [-0.39, 0.29) is 6.61 Å². The van der Waals surface area contributed by atoms with Crippen molar-refractivity contribution in [2.75, 3.05) is 19.7 Å². The minimum absolute atomic E-state index is 0.0311. The highest BCUT2D eigenvalue weighted by atomic mass is 16.3. The second kappa shape index (κ2) is 11.2. The molecule has 1 atom stereocenters. The summed E-state index contributed by atoms with van der Waals surface area (Å²) in [5.74, 6) is 0. The van der Waals surface area contributed by atoms with Crippen LogP contribution >= 0.6 is 0 Å². The van der Waals surface area contributed by atoms with Gasteiger partial charge in [0.1, 0.15) is 0 Å². The molecule has 2 aromatic rings. The Morgan fingerprint density at radius 1 is 1.04 bits per heavy atom. The Bertz CT molecular complexity index is 687. The normalized spacial score (nSPS) is 13.4. The lowest BCUT2D eigenvalue weighted by Gasteiger charge is -2.24. The van der Waals surface area contributed by atoms with Crippen LogP contribution in [0.3, 0.4) is 0 Å². The summed E-state index contributed by atoms with van der Waals surface area (Å²) in [6, 6.07) is 19.9. The van der Waals surface area contributed by atoms with E-state index in [4.69, 9.17) is 5.73 Å². The topological polar surface area (TPSA) is 82.1 Å². The Morgan fingerprint density at radius 3 is 2.23 bits per heavy atom. The zero-order valence-corrected chi connectivity index (χ0v) is 14.9. The minimum Gasteiger partial charge on any atom is -0.404 e. The second-order valence-electron chi connectivity index (χ2n) is 6.08. The molecule has 1 unspecified atom stereocenters. The number of aliphatic hydroxyl groups is 2. The largest absolute Gasteiger partial charge is 0.404 e. The van der Waals surface area contributed by atoms with Crippen LogP contribution in [0, 0.1) is 0 Å². The summed E-state index contributed by atoms with van der Waals surface area (Å²) < 4.78 is 0. The first-order chi connectivity index (χ1) is 12.7. The van der Waals surface area contributed by atoms with Gasteiger partial charge in [0.15, 0.2) is 0 Å². The van der Waals surface area contributed by atoms with E-state index >= 15 is 0 Å². The van der Waals surface area contributed by atoms with Crippen molar-refractivity contribution in [3.63, 3.8) is 0 Å². The molecule has 0 radical (unpaired) electrons. The molecule has 4 N–H and O–H groups in total. The van der Waals surface area contributed by atoms with Crippen LogP contribution in [0.5, 0.6) is 0 Å². The Labute approximate surface area is 155 Å². The fraction of sp³-hybridized carbons (Fsp3) is 0.286. The lowest BCUT2D eigenvalue weighted by Crippen LogP contribution is -2.35. The van der Waals surface area contributed by atoms with Crippen LogP contribution in [0.2, 0.25) is 0 Å². The van der Waals surface area contributed by atoms with Crippen molar-refractivity contribution in [1.82, 2.24) is 4.90 Å². The Morgan fingerprint density at radius 2 is 1.65 bits per heavy atom. The summed E-state index contributed by atoms with van der Waals surface area (Å²) in [4.78, 5) is 6.36. The van der Waals surface area contributed by atoms with E-state index in [9.17, 15) is 10.2 Å². The van der Waals surface area contributed by atoms with Gasteiger partial charge in [-0.3, -0.25) is 9.89 Å². The predicted molar refractivity (Wildman–Crippen MR) is 106 cm³/mol. The van der Waals surface area contributed by atoms with Crippen LogP contribution in [0.4, 0.5) is 0 Å². The van der Waals surface area contributed by atoms with Crippen molar-refractivity contribution in [2.45, 2.75) is 19.2 Å². The van der Waals surface area contributed by atoms with Crippen molar-refractivity contribution < 1.29 is 10.2 Å². The van der Waals surface area contributed by atoms with Gasteiger partial charge in [0.25, 0.3) is 0 Å². The Balaban J connectivity index is 1.93. The first-order valence-electron chi connectivity index (χ1n) is 8.73. The van der Waals surface area contributed by atoms with E-state index in [0.29, 0.717) is 31.8 Å². The van der Waals surface area contributed by atoms with Crippen LogP contribution in [0.15, 0.2) is 77.4 Å². The van der Waals surface area contributed by atoms with Gasteiger partial charge in [0, 0.05) is 37.6 Å². The smallest absolute Gasteiger partial charge is 0.0945 e. The van der Waals surface area contributed by atoms with Crippen molar-refractivity contribution in [1.29, 1.82) is 0 Å². The minimum atomic E-state index is -0.769. The average molecular weight is 353 g/mol. The molecule has 138 valence electrons. The van der Waals surface area contributed by atoms with E-state index in [1.54, 1.807) is 6.21 Å². The van der Waals surface area contributed by atoms with Crippen molar-refractivity contribution in [3.8, 4) is 0 Å². The summed E-state index contributed by atoms with van der Waals surface area (Å²) in [6.07, 6.45) is 2.24. The van der Waals surface area contributed by atoms with Gasteiger partial charge in [-0.2, -0.15) is 0 Å². The standard InChI is InChI=1S/C21H27N3O2/c22-13-20(15-23-14-18-7-3-1-4-8-18)21(26)17-24(11-12-25)16-19-9-5-2-6-10-19/h1-10,13,15,21,25-26H,11-12,14,16-17,22H2. The first kappa shape index (κ1) is 19.8. The third kappa shape index (κ3) is 6.80. The van der Waals surface area contributed by atoms with Crippen LogP contribution in [0.1, 0.15) is 11.1 Å². The number of nitrogens with two attached hydrogens (primary N) is 1. The van der Waals surface area contributed by atoms with Crippen molar-refractivity contribution >= 4 is 6.21 Å². The summed E-state index contributed by atoms with van der Waals surface area (Å²) >= 11 is 0. The first-order valence-corrected chi connectivity index (χ1v) is 8.73. The molecule has 0 aliphatic carbocycles. The van der Waals surface area contributed by atoms with Gasteiger partial charge in [-0.25, -0.2) is 0 Å². The number of rotatable bonds is 10. The maximum atomic E-state index is 10.5. The molecular formula is C21H27N3O2. The van der Waals surface area contributed by atoms with E-state index in [1.807, 2.05) is 65.6 Å².